The molecule has 4 aliphatic carbocycles. The maximum atomic E-state index is 13.7. The zero-order chi connectivity index (χ0) is 27.1. The summed E-state index contributed by atoms with van der Waals surface area (Å²) in [6.45, 7) is 30.0. The van der Waals surface area contributed by atoms with E-state index in [2.05, 4.69) is 89.2 Å². The molecule has 0 aromatic rings. The number of carbonyl (C=O) groups excluding carboxylic acids is 1. The molecule has 0 bridgehead atoms. The summed E-state index contributed by atoms with van der Waals surface area (Å²) in [4.78, 5) is 13.7. The van der Waals surface area contributed by atoms with E-state index in [0.717, 1.165) is 24.2 Å². The van der Waals surface area contributed by atoms with Crippen LogP contribution >= 0.6 is 0 Å². The Kier molecular flexibility index (Phi) is 7.09. The summed E-state index contributed by atoms with van der Waals surface area (Å²) in [7, 11) is 0. The second kappa shape index (κ2) is 8.98. The third-order valence-electron chi connectivity index (χ3n) is 14.0. The minimum Gasteiger partial charge on any atom is -0.295 e. The summed E-state index contributed by atoms with van der Waals surface area (Å²) in [6.07, 6.45) is 12.4. The molecule has 1 nitrogen and oxygen atoms in total. The first-order valence-corrected chi connectivity index (χ1v) is 15.7. The normalized spacial score (nSPS) is 44.8. The van der Waals surface area contributed by atoms with Gasteiger partial charge in [0.15, 0.2) is 5.78 Å². The van der Waals surface area contributed by atoms with E-state index in [4.69, 9.17) is 0 Å². The molecule has 10 atom stereocenters. The molecule has 1 unspecified atom stereocenters. The van der Waals surface area contributed by atoms with E-state index in [1.54, 1.807) is 5.57 Å². The van der Waals surface area contributed by atoms with Crippen molar-refractivity contribution in [3.63, 3.8) is 0 Å². The molecule has 3 fully saturated rings. The summed E-state index contributed by atoms with van der Waals surface area (Å²) in [6, 6.07) is 0. The molecule has 0 amide bonds. The van der Waals surface area contributed by atoms with Crippen molar-refractivity contribution in [1.82, 2.24) is 0 Å². The van der Waals surface area contributed by atoms with Crippen LogP contribution in [0.4, 0.5) is 0 Å². The highest BCUT2D eigenvalue weighted by atomic mass is 16.1. The number of fused-ring (bicyclic) bond motifs is 5. The van der Waals surface area contributed by atoms with E-state index in [1.165, 1.54) is 44.9 Å². The Hall–Kier alpha value is -0.590. The highest BCUT2D eigenvalue weighted by Crippen LogP contribution is 2.74. The van der Waals surface area contributed by atoms with Gasteiger partial charge >= 0.3 is 0 Å². The van der Waals surface area contributed by atoms with Gasteiger partial charge in [0.2, 0.25) is 0 Å². The van der Waals surface area contributed by atoms with Crippen LogP contribution in [0.2, 0.25) is 0 Å². The molecule has 206 valence electrons. The van der Waals surface area contributed by atoms with Crippen molar-refractivity contribution in [3.05, 3.63) is 11.6 Å². The summed E-state index contributed by atoms with van der Waals surface area (Å²) in [5.74, 6) is 4.92. The monoisotopic (exact) mass is 496 g/mol. The molecule has 4 rings (SSSR count). The van der Waals surface area contributed by atoms with E-state index in [0.29, 0.717) is 34.4 Å². The first-order valence-electron chi connectivity index (χ1n) is 15.7. The quantitative estimate of drug-likeness (QED) is 0.370. The predicted octanol–water partition coefficient (Wildman–Crippen LogP) is 10.1. The lowest BCUT2D eigenvalue weighted by Crippen LogP contribution is -2.56. The minimum atomic E-state index is 0.166. The van der Waals surface area contributed by atoms with Gasteiger partial charge in [-0.1, -0.05) is 95.1 Å². The van der Waals surface area contributed by atoms with Crippen molar-refractivity contribution >= 4 is 5.78 Å². The van der Waals surface area contributed by atoms with Crippen molar-refractivity contribution < 1.29 is 4.79 Å². The molecule has 0 N–H and O–H groups in total. The number of carbonyl (C=O) groups is 1. The summed E-state index contributed by atoms with van der Waals surface area (Å²) < 4.78 is 0. The molecular formula is C35H60O. The van der Waals surface area contributed by atoms with Gasteiger partial charge in [-0.15, -0.1) is 0 Å². The van der Waals surface area contributed by atoms with Crippen LogP contribution in [-0.4, -0.2) is 5.78 Å². The van der Waals surface area contributed by atoms with E-state index < -0.39 is 0 Å². The molecule has 0 aromatic carbocycles. The van der Waals surface area contributed by atoms with Gasteiger partial charge in [0.25, 0.3) is 0 Å². The topological polar surface area (TPSA) is 17.1 Å². The second-order valence-electron chi connectivity index (χ2n) is 16.8. The molecule has 4 aliphatic rings. The van der Waals surface area contributed by atoms with Gasteiger partial charge in [-0.2, -0.15) is 0 Å². The smallest absolute Gasteiger partial charge is 0.159 e. The third-order valence-corrected chi connectivity index (χ3v) is 14.0. The van der Waals surface area contributed by atoms with Crippen LogP contribution in [0.5, 0.6) is 0 Å². The Balaban J connectivity index is 1.66. The third kappa shape index (κ3) is 4.02. The average molecular weight is 497 g/mol. The molecule has 0 saturated heterocycles. The van der Waals surface area contributed by atoms with Crippen LogP contribution in [0.3, 0.4) is 0 Å². The largest absolute Gasteiger partial charge is 0.295 e. The van der Waals surface area contributed by atoms with Crippen molar-refractivity contribution in [1.29, 1.82) is 0 Å². The summed E-state index contributed by atoms with van der Waals surface area (Å²) in [5.41, 5.74) is 2.88. The molecule has 0 spiro atoms. The van der Waals surface area contributed by atoms with Crippen molar-refractivity contribution in [2.45, 2.75) is 134 Å². The van der Waals surface area contributed by atoms with Crippen LogP contribution in [0.1, 0.15) is 134 Å². The zero-order valence-electron chi connectivity index (χ0n) is 26.2. The number of rotatable bonds is 5. The average Bonchev–Trinajstić information content (AvgIpc) is 3.05. The van der Waals surface area contributed by atoms with Gasteiger partial charge in [-0.25, -0.2) is 0 Å². The zero-order valence-corrected chi connectivity index (χ0v) is 26.2. The van der Waals surface area contributed by atoms with Crippen LogP contribution in [-0.2, 0) is 4.79 Å². The Morgan fingerprint density at radius 3 is 2.19 bits per heavy atom. The van der Waals surface area contributed by atoms with E-state index in [-0.39, 0.29) is 22.2 Å². The van der Waals surface area contributed by atoms with Crippen LogP contribution in [0.15, 0.2) is 11.6 Å². The fourth-order valence-electron chi connectivity index (χ4n) is 10.7. The molecule has 3 saturated carbocycles. The molecule has 0 aliphatic heterocycles. The highest BCUT2D eigenvalue weighted by molar-refractivity contribution is 5.94. The second-order valence-corrected chi connectivity index (χ2v) is 16.8. The van der Waals surface area contributed by atoms with E-state index in [1.807, 2.05) is 0 Å². The fourth-order valence-corrected chi connectivity index (χ4v) is 10.7. The van der Waals surface area contributed by atoms with Crippen molar-refractivity contribution in [2.75, 3.05) is 0 Å². The lowest BCUT2D eigenvalue weighted by molar-refractivity contribution is -0.134. The standard InChI is InChI=1S/C35H60O/c1-13-25(31(5,6)7)19-24(4)32(8,9)30-15-17-34(11)27-20-29(36)28-18-22(2)23(3)21-33(28,10)26(27)14-16-35(30,34)12/h20,22-26,28,30H,13-19,21H2,1-12H3/t22-,23+,24-,25-,26?,28+,30-,33-,34+,35-/m1/s1. The maximum absolute atomic E-state index is 13.7. The number of ketones is 1. The molecule has 36 heavy (non-hydrogen) atoms. The van der Waals surface area contributed by atoms with Gasteiger partial charge in [-0.05, 0) is 114 Å². The fraction of sp³-hybridized carbons (Fsp3) is 0.914. The van der Waals surface area contributed by atoms with Crippen LogP contribution in [0, 0.1) is 68.5 Å². The molecule has 0 heterocycles. The summed E-state index contributed by atoms with van der Waals surface area (Å²) in [5, 5.41) is 0. The number of hydrogen-bond donors (Lipinski definition) is 0. The van der Waals surface area contributed by atoms with Gasteiger partial charge in [-0.3, -0.25) is 4.79 Å². The number of allylic oxidation sites excluding steroid dienone is 2. The Labute approximate surface area is 225 Å². The highest BCUT2D eigenvalue weighted by Gasteiger charge is 2.66. The molecule has 0 radical (unpaired) electrons. The van der Waals surface area contributed by atoms with Gasteiger partial charge < -0.3 is 0 Å². The van der Waals surface area contributed by atoms with Crippen LogP contribution in [0.25, 0.3) is 0 Å². The molecule has 1 heteroatoms. The van der Waals surface area contributed by atoms with Gasteiger partial charge in [0.05, 0.1) is 0 Å². The number of hydrogen-bond acceptors (Lipinski definition) is 1. The lowest BCUT2D eigenvalue weighted by atomic mass is 9.41. The first kappa shape index (κ1) is 28.4. The summed E-state index contributed by atoms with van der Waals surface area (Å²) >= 11 is 0. The Bertz CT molecular complexity index is 887. The van der Waals surface area contributed by atoms with Gasteiger partial charge in [0, 0.05) is 5.92 Å². The SMILES string of the molecule is CC[C@H](C[C@@H](C)C(C)(C)[C@H]1CC[C@@]2(C)C3=CC(=O)[C@@H]4C[C@@H](C)[C@@H](C)C[C@]4(C)C3CC[C@]12C)C(C)(C)C. The van der Waals surface area contributed by atoms with Crippen molar-refractivity contribution in [3.8, 4) is 0 Å². The van der Waals surface area contributed by atoms with E-state index >= 15 is 0 Å². The predicted molar refractivity (Wildman–Crippen MR) is 155 cm³/mol. The van der Waals surface area contributed by atoms with Crippen molar-refractivity contribution in [2.24, 2.45) is 68.5 Å². The molecule has 0 aromatic heterocycles. The van der Waals surface area contributed by atoms with Crippen LogP contribution < -0.4 is 0 Å². The first-order chi connectivity index (χ1) is 16.4. The Morgan fingerprint density at radius 1 is 0.972 bits per heavy atom. The maximum Gasteiger partial charge on any atom is 0.159 e. The van der Waals surface area contributed by atoms with Gasteiger partial charge in [0.1, 0.15) is 0 Å². The minimum absolute atomic E-state index is 0.166. The lowest BCUT2D eigenvalue weighted by Gasteiger charge is -2.62. The molecular weight excluding hydrogens is 436 g/mol. The van der Waals surface area contributed by atoms with E-state index in [9.17, 15) is 4.79 Å². The Morgan fingerprint density at radius 2 is 1.61 bits per heavy atom.